The molecule has 0 aliphatic heterocycles. The molecule has 2 aromatic carbocycles. The van der Waals surface area contributed by atoms with Crippen molar-refractivity contribution in [2.45, 2.75) is 20.8 Å². The van der Waals surface area contributed by atoms with Crippen LogP contribution in [0.1, 0.15) is 23.6 Å². The van der Waals surface area contributed by atoms with Gasteiger partial charge < -0.3 is 4.74 Å². The monoisotopic (exact) mass is 282 g/mol. The van der Waals surface area contributed by atoms with Crippen LogP contribution in [-0.4, -0.2) is 12.2 Å². The number of ether oxygens (including phenoxy) is 1. The fourth-order valence-electron chi connectivity index (χ4n) is 2.05. The molecule has 0 atom stereocenters. The summed E-state index contributed by atoms with van der Waals surface area (Å²) in [6.07, 6.45) is 1.77. The standard InChI is InChI=1S/C17H18N2O2/c1-12-9-16(21-14(3)20)10-13(2)17(12)11-18-19-15-7-5-4-6-8-15/h4-11,19H,1-3H3. The number of benzene rings is 2. The Morgan fingerprint density at radius 1 is 1.14 bits per heavy atom. The lowest BCUT2D eigenvalue weighted by Gasteiger charge is -2.09. The first kappa shape index (κ1) is 14.8. The summed E-state index contributed by atoms with van der Waals surface area (Å²) in [5.41, 5.74) is 6.93. The molecule has 2 rings (SSSR count). The van der Waals surface area contributed by atoms with Gasteiger partial charge in [-0.15, -0.1) is 0 Å². The van der Waals surface area contributed by atoms with Crippen LogP contribution < -0.4 is 10.2 Å². The Morgan fingerprint density at radius 3 is 2.33 bits per heavy atom. The Morgan fingerprint density at radius 2 is 1.76 bits per heavy atom. The number of rotatable bonds is 4. The molecule has 1 N–H and O–H groups in total. The maximum Gasteiger partial charge on any atom is 0.308 e. The average molecular weight is 282 g/mol. The van der Waals surface area contributed by atoms with Gasteiger partial charge in [-0.1, -0.05) is 18.2 Å². The topological polar surface area (TPSA) is 50.7 Å². The molecule has 0 aliphatic rings. The molecular weight excluding hydrogens is 264 g/mol. The molecule has 0 unspecified atom stereocenters. The first-order valence-corrected chi connectivity index (χ1v) is 6.70. The van der Waals surface area contributed by atoms with Crippen molar-refractivity contribution in [3.8, 4) is 5.75 Å². The highest BCUT2D eigenvalue weighted by molar-refractivity contribution is 5.85. The third-order valence-electron chi connectivity index (χ3n) is 2.99. The molecule has 21 heavy (non-hydrogen) atoms. The number of aryl methyl sites for hydroxylation is 2. The van der Waals surface area contributed by atoms with Gasteiger partial charge >= 0.3 is 5.97 Å². The van der Waals surface area contributed by atoms with Crippen LogP contribution in [0.3, 0.4) is 0 Å². The van der Waals surface area contributed by atoms with Crippen molar-refractivity contribution in [3.63, 3.8) is 0 Å². The number of nitrogens with zero attached hydrogens (tertiary/aromatic N) is 1. The van der Waals surface area contributed by atoms with Crippen molar-refractivity contribution in [2.75, 3.05) is 5.43 Å². The molecule has 2 aromatic rings. The van der Waals surface area contributed by atoms with Crippen LogP contribution in [0.4, 0.5) is 5.69 Å². The fourth-order valence-corrected chi connectivity index (χ4v) is 2.05. The summed E-state index contributed by atoms with van der Waals surface area (Å²) in [6, 6.07) is 13.4. The number of hydrazone groups is 1. The van der Waals surface area contributed by atoms with E-state index >= 15 is 0 Å². The van der Waals surface area contributed by atoms with E-state index < -0.39 is 0 Å². The lowest BCUT2D eigenvalue weighted by molar-refractivity contribution is -0.131. The molecular formula is C17H18N2O2. The SMILES string of the molecule is CC(=O)Oc1cc(C)c(C=NNc2ccccc2)c(C)c1. The van der Waals surface area contributed by atoms with Crippen LogP contribution >= 0.6 is 0 Å². The number of esters is 1. The van der Waals surface area contributed by atoms with Gasteiger partial charge in [-0.25, -0.2) is 0 Å². The second-order valence-electron chi connectivity index (χ2n) is 4.80. The average Bonchev–Trinajstić information content (AvgIpc) is 2.42. The number of hydrogen-bond donors (Lipinski definition) is 1. The van der Waals surface area contributed by atoms with Crippen LogP contribution in [0, 0.1) is 13.8 Å². The van der Waals surface area contributed by atoms with E-state index in [1.54, 1.807) is 6.21 Å². The highest BCUT2D eigenvalue weighted by Crippen LogP contribution is 2.21. The van der Waals surface area contributed by atoms with Crippen LogP contribution in [0.5, 0.6) is 5.75 Å². The van der Waals surface area contributed by atoms with Crippen molar-refractivity contribution in [3.05, 3.63) is 59.2 Å². The smallest absolute Gasteiger partial charge is 0.308 e. The maximum absolute atomic E-state index is 11.0. The predicted molar refractivity (Wildman–Crippen MR) is 84.9 cm³/mol. The minimum Gasteiger partial charge on any atom is -0.427 e. The zero-order chi connectivity index (χ0) is 15.2. The van der Waals surface area contributed by atoms with Crippen LogP contribution in [0.15, 0.2) is 47.6 Å². The molecule has 0 bridgehead atoms. The van der Waals surface area contributed by atoms with Crippen molar-refractivity contribution >= 4 is 17.9 Å². The Hall–Kier alpha value is -2.62. The number of carbonyl (C=O) groups is 1. The van der Waals surface area contributed by atoms with Gasteiger partial charge in [-0.05, 0) is 49.2 Å². The van der Waals surface area contributed by atoms with E-state index in [4.69, 9.17) is 4.74 Å². The zero-order valence-corrected chi connectivity index (χ0v) is 12.4. The summed E-state index contributed by atoms with van der Waals surface area (Å²) in [5, 5.41) is 4.24. The van der Waals surface area contributed by atoms with E-state index in [0.29, 0.717) is 5.75 Å². The molecule has 0 fully saturated rings. The van der Waals surface area contributed by atoms with Crippen LogP contribution in [0.2, 0.25) is 0 Å². The summed E-state index contributed by atoms with van der Waals surface area (Å²) in [6.45, 7) is 5.32. The van der Waals surface area contributed by atoms with Gasteiger partial charge in [0.25, 0.3) is 0 Å². The maximum atomic E-state index is 11.0. The van der Waals surface area contributed by atoms with Crippen LogP contribution in [-0.2, 0) is 4.79 Å². The second kappa shape index (κ2) is 6.70. The van der Waals surface area contributed by atoms with Gasteiger partial charge in [0.15, 0.2) is 0 Å². The molecule has 0 amide bonds. The second-order valence-corrected chi connectivity index (χ2v) is 4.80. The molecule has 0 spiro atoms. The van der Waals surface area contributed by atoms with Crippen molar-refractivity contribution in [1.29, 1.82) is 0 Å². The highest BCUT2D eigenvalue weighted by Gasteiger charge is 2.05. The van der Waals surface area contributed by atoms with Crippen molar-refractivity contribution in [1.82, 2.24) is 0 Å². The van der Waals surface area contributed by atoms with E-state index in [-0.39, 0.29) is 5.97 Å². The normalized spacial score (nSPS) is 10.6. The molecule has 0 saturated carbocycles. The number of anilines is 1. The Labute approximate surface area is 124 Å². The van der Waals surface area contributed by atoms with Gasteiger partial charge in [0.05, 0.1) is 11.9 Å². The number of carbonyl (C=O) groups excluding carboxylic acids is 1. The Kier molecular flexibility index (Phi) is 4.72. The van der Waals surface area contributed by atoms with Crippen molar-refractivity contribution in [2.24, 2.45) is 5.10 Å². The van der Waals surface area contributed by atoms with E-state index in [1.807, 2.05) is 56.3 Å². The third-order valence-corrected chi connectivity index (χ3v) is 2.99. The summed E-state index contributed by atoms with van der Waals surface area (Å²) in [4.78, 5) is 11.0. The molecule has 4 heteroatoms. The fraction of sp³-hybridized carbons (Fsp3) is 0.176. The predicted octanol–water partition coefficient (Wildman–Crippen LogP) is 3.67. The van der Waals surface area contributed by atoms with E-state index in [0.717, 1.165) is 22.4 Å². The number of hydrogen-bond acceptors (Lipinski definition) is 4. The summed E-state index contributed by atoms with van der Waals surface area (Å²) >= 11 is 0. The summed E-state index contributed by atoms with van der Waals surface area (Å²) in [5.74, 6) is 0.242. The quantitative estimate of drug-likeness (QED) is 0.403. The number of para-hydroxylation sites is 1. The number of nitrogens with one attached hydrogen (secondary N) is 1. The van der Waals surface area contributed by atoms with E-state index in [9.17, 15) is 4.79 Å². The summed E-state index contributed by atoms with van der Waals surface area (Å²) < 4.78 is 5.11. The molecule has 0 radical (unpaired) electrons. The molecule has 0 saturated heterocycles. The van der Waals surface area contributed by atoms with E-state index in [2.05, 4.69) is 10.5 Å². The van der Waals surface area contributed by atoms with E-state index in [1.165, 1.54) is 6.92 Å². The van der Waals surface area contributed by atoms with Gasteiger partial charge in [-0.3, -0.25) is 10.2 Å². The lowest BCUT2D eigenvalue weighted by Crippen LogP contribution is -2.03. The molecule has 0 aromatic heterocycles. The molecule has 0 aliphatic carbocycles. The zero-order valence-electron chi connectivity index (χ0n) is 12.4. The minimum absolute atomic E-state index is 0.319. The first-order chi connectivity index (χ1) is 10.1. The Bertz CT molecular complexity index is 641. The lowest BCUT2D eigenvalue weighted by atomic mass is 10.0. The molecule has 0 heterocycles. The largest absolute Gasteiger partial charge is 0.427 e. The minimum atomic E-state index is -0.319. The van der Waals surface area contributed by atoms with Gasteiger partial charge in [0, 0.05) is 12.5 Å². The van der Waals surface area contributed by atoms with Crippen molar-refractivity contribution < 1.29 is 9.53 Å². The van der Waals surface area contributed by atoms with Gasteiger partial charge in [0.2, 0.25) is 0 Å². The molecule has 4 nitrogen and oxygen atoms in total. The van der Waals surface area contributed by atoms with Crippen LogP contribution in [0.25, 0.3) is 0 Å². The molecule has 108 valence electrons. The first-order valence-electron chi connectivity index (χ1n) is 6.70. The summed E-state index contributed by atoms with van der Waals surface area (Å²) in [7, 11) is 0. The van der Waals surface area contributed by atoms with Gasteiger partial charge in [-0.2, -0.15) is 5.10 Å². The third kappa shape index (κ3) is 4.18. The highest BCUT2D eigenvalue weighted by atomic mass is 16.5. The Balaban J connectivity index is 2.15. The van der Waals surface area contributed by atoms with Gasteiger partial charge in [0.1, 0.15) is 5.75 Å².